The van der Waals surface area contributed by atoms with Crippen LogP contribution in [0.1, 0.15) is 39.4 Å². The highest BCUT2D eigenvalue weighted by Crippen LogP contribution is 2.32. The van der Waals surface area contributed by atoms with Crippen LogP contribution in [-0.4, -0.2) is 68.7 Å². The number of anilines is 1. The Hall–Kier alpha value is -2.17. The number of hydrogen-bond acceptors (Lipinski definition) is 6. The van der Waals surface area contributed by atoms with E-state index < -0.39 is 16.1 Å². The summed E-state index contributed by atoms with van der Waals surface area (Å²) in [6.45, 7) is 9.17. The van der Waals surface area contributed by atoms with Gasteiger partial charge in [0.15, 0.2) is 0 Å². The Balaban J connectivity index is 1.62. The topological polar surface area (TPSA) is 94.0 Å². The summed E-state index contributed by atoms with van der Waals surface area (Å²) < 4.78 is 41.2. The molecular weight excluding hydrogens is 444 g/mol. The van der Waals surface area contributed by atoms with Crippen LogP contribution in [0.5, 0.6) is 0 Å². The number of benzene rings is 1. The van der Waals surface area contributed by atoms with Crippen LogP contribution in [0.3, 0.4) is 0 Å². The van der Waals surface area contributed by atoms with Crippen LogP contribution in [0.15, 0.2) is 18.2 Å². The van der Waals surface area contributed by atoms with Gasteiger partial charge in [-0.3, -0.25) is 9.10 Å². The lowest BCUT2D eigenvalue weighted by Gasteiger charge is -2.38. The molecule has 0 unspecified atom stereocenters. The number of methoxy groups -OCH3 is 1. The zero-order chi connectivity index (χ0) is 24.0. The molecule has 1 aromatic carbocycles. The number of aromatic nitrogens is 2. The first-order valence-corrected chi connectivity index (χ1v) is 12.8. The van der Waals surface area contributed by atoms with E-state index in [4.69, 9.17) is 14.5 Å². The number of fused-ring (bicyclic) bond motifs is 1. The van der Waals surface area contributed by atoms with E-state index in [-0.39, 0.29) is 24.5 Å². The molecule has 0 spiro atoms. The molecule has 4 rings (SSSR count). The van der Waals surface area contributed by atoms with Gasteiger partial charge in [-0.25, -0.2) is 4.98 Å². The SMILES string of the molecule is COC(=O)C1CN(S(=O)(=O)N(C)c2ccc3c(c2)nc(C(C)(C)C)n3CC2CCOCC2)C1. The zero-order valence-corrected chi connectivity index (χ0v) is 20.9. The Bertz CT molecular complexity index is 1130. The second kappa shape index (κ2) is 8.88. The summed E-state index contributed by atoms with van der Waals surface area (Å²) in [5, 5.41) is 0. The molecule has 0 N–H and O–H groups in total. The van der Waals surface area contributed by atoms with Crippen LogP contribution in [0.2, 0.25) is 0 Å². The van der Waals surface area contributed by atoms with Crippen molar-refractivity contribution in [2.75, 3.05) is 44.8 Å². The Morgan fingerprint density at radius 1 is 1.24 bits per heavy atom. The van der Waals surface area contributed by atoms with Crippen LogP contribution >= 0.6 is 0 Å². The summed E-state index contributed by atoms with van der Waals surface area (Å²) in [5.41, 5.74) is 2.18. The lowest BCUT2D eigenvalue weighted by atomic mass is 9.94. The molecule has 0 amide bonds. The number of hydrogen-bond donors (Lipinski definition) is 0. The van der Waals surface area contributed by atoms with Gasteiger partial charge in [-0.05, 0) is 37.0 Å². The van der Waals surface area contributed by atoms with E-state index in [1.165, 1.54) is 22.8 Å². The van der Waals surface area contributed by atoms with Crippen molar-refractivity contribution in [2.45, 2.75) is 45.6 Å². The van der Waals surface area contributed by atoms with Gasteiger partial charge in [-0.1, -0.05) is 20.8 Å². The Morgan fingerprint density at radius 3 is 2.52 bits per heavy atom. The van der Waals surface area contributed by atoms with Crippen LogP contribution in [0, 0.1) is 11.8 Å². The fourth-order valence-corrected chi connectivity index (χ4v) is 5.97. The minimum atomic E-state index is -3.74. The molecule has 0 bridgehead atoms. The number of carbonyl (C=O) groups is 1. The summed E-state index contributed by atoms with van der Waals surface area (Å²) in [6.07, 6.45) is 2.06. The highest BCUT2D eigenvalue weighted by atomic mass is 32.2. The highest BCUT2D eigenvalue weighted by Gasteiger charge is 2.42. The van der Waals surface area contributed by atoms with E-state index in [0.717, 1.165) is 49.5 Å². The third kappa shape index (κ3) is 4.61. The van der Waals surface area contributed by atoms with E-state index in [0.29, 0.717) is 11.6 Å². The molecule has 182 valence electrons. The minimum absolute atomic E-state index is 0.134. The van der Waals surface area contributed by atoms with E-state index in [1.807, 2.05) is 18.2 Å². The molecule has 0 aliphatic carbocycles. The van der Waals surface area contributed by atoms with Gasteiger partial charge < -0.3 is 14.0 Å². The molecule has 10 heteroatoms. The second-order valence-corrected chi connectivity index (χ2v) is 12.0. The van der Waals surface area contributed by atoms with Crippen molar-refractivity contribution in [3.63, 3.8) is 0 Å². The van der Waals surface area contributed by atoms with Crippen molar-refractivity contribution < 1.29 is 22.7 Å². The molecule has 2 aliphatic rings. The molecule has 2 saturated heterocycles. The van der Waals surface area contributed by atoms with Crippen molar-refractivity contribution in [1.82, 2.24) is 13.9 Å². The molecule has 2 fully saturated rings. The summed E-state index contributed by atoms with van der Waals surface area (Å²) in [5.74, 6) is 0.746. The highest BCUT2D eigenvalue weighted by molar-refractivity contribution is 7.90. The number of ether oxygens (including phenoxy) is 2. The Kier molecular flexibility index (Phi) is 6.45. The maximum Gasteiger partial charge on any atom is 0.311 e. The van der Waals surface area contributed by atoms with Crippen LogP contribution in [0.25, 0.3) is 11.0 Å². The molecule has 0 saturated carbocycles. The number of esters is 1. The molecule has 3 heterocycles. The summed E-state index contributed by atoms with van der Waals surface area (Å²) in [7, 11) is -0.896. The standard InChI is InChI=1S/C23H34N4O5S/c1-23(2,3)22-24-19-12-18(6-7-20(19)27(22)13-16-8-10-32-11-9-16)25(4)33(29,30)26-14-17(15-26)21(28)31-5/h6-7,12,16-17H,8-11,13-15H2,1-5H3. The van der Waals surface area contributed by atoms with Gasteiger partial charge in [0.25, 0.3) is 0 Å². The maximum atomic E-state index is 13.1. The van der Waals surface area contributed by atoms with Gasteiger partial charge in [-0.15, -0.1) is 0 Å². The summed E-state index contributed by atoms with van der Waals surface area (Å²) >= 11 is 0. The van der Waals surface area contributed by atoms with Crippen molar-refractivity contribution in [2.24, 2.45) is 11.8 Å². The molecular formula is C23H34N4O5S. The summed E-state index contributed by atoms with van der Waals surface area (Å²) in [4.78, 5) is 16.6. The largest absolute Gasteiger partial charge is 0.469 e. The fourth-order valence-electron chi connectivity index (χ4n) is 4.51. The Morgan fingerprint density at radius 2 is 1.91 bits per heavy atom. The van der Waals surface area contributed by atoms with Crippen molar-refractivity contribution in [1.29, 1.82) is 0 Å². The molecule has 1 aromatic heterocycles. The zero-order valence-electron chi connectivity index (χ0n) is 20.1. The average molecular weight is 479 g/mol. The fraction of sp³-hybridized carbons (Fsp3) is 0.652. The van der Waals surface area contributed by atoms with Crippen LogP contribution < -0.4 is 4.31 Å². The third-order valence-corrected chi connectivity index (χ3v) is 8.46. The third-order valence-electron chi connectivity index (χ3n) is 6.60. The summed E-state index contributed by atoms with van der Waals surface area (Å²) in [6, 6.07) is 5.62. The van der Waals surface area contributed by atoms with Crippen LogP contribution in [-0.2, 0) is 36.4 Å². The number of carbonyl (C=O) groups excluding carboxylic acids is 1. The molecule has 33 heavy (non-hydrogen) atoms. The number of rotatable bonds is 6. The lowest BCUT2D eigenvalue weighted by Crippen LogP contribution is -2.56. The van der Waals surface area contributed by atoms with Gasteiger partial charge in [0.05, 0.1) is 29.7 Å². The molecule has 2 aliphatic heterocycles. The lowest BCUT2D eigenvalue weighted by molar-refractivity contribution is -0.149. The maximum absolute atomic E-state index is 13.1. The van der Waals surface area contributed by atoms with E-state index >= 15 is 0 Å². The first-order valence-electron chi connectivity index (χ1n) is 11.4. The van der Waals surface area contributed by atoms with Gasteiger partial charge in [0.2, 0.25) is 0 Å². The predicted molar refractivity (Wildman–Crippen MR) is 126 cm³/mol. The molecule has 2 aromatic rings. The van der Waals surface area contributed by atoms with Gasteiger partial charge in [-0.2, -0.15) is 12.7 Å². The predicted octanol–water partition coefficient (Wildman–Crippen LogP) is 2.55. The number of nitrogens with zero attached hydrogens (tertiary/aromatic N) is 4. The van der Waals surface area contributed by atoms with Crippen LogP contribution in [0.4, 0.5) is 5.69 Å². The van der Waals surface area contributed by atoms with Crippen molar-refractivity contribution >= 4 is 32.9 Å². The Labute approximate surface area is 195 Å². The second-order valence-electron chi connectivity index (χ2n) is 10.0. The number of imidazole rings is 1. The molecule has 0 radical (unpaired) electrons. The quantitative estimate of drug-likeness (QED) is 0.593. The monoisotopic (exact) mass is 478 g/mol. The molecule has 0 atom stereocenters. The normalized spacial score (nSPS) is 18.9. The van der Waals surface area contributed by atoms with Gasteiger partial charge >= 0.3 is 16.2 Å². The molecule has 9 nitrogen and oxygen atoms in total. The van der Waals surface area contributed by atoms with E-state index in [1.54, 1.807) is 0 Å². The first kappa shape index (κ1) is 24.0. The smallest absolute Gasteiger partial charge is 0.311 e. The minimum Gasteiger partial charge on any atom is -0.469 e. The average Bonchev–Trinajstić information content (AvgIpc) is 3.10. The van der Waals surface area contributed by atoms with E-state index in [2.05, 4.69) is 25.3 Å². The van der Waals surface area contributed by atoms with E-state index in [9.17, 15) is 13.2 Å². The first-order chi connectivity index (χ1) is 15.5. The van der Waals surface area contributed by atoms with Crippen molar-refractivity contribution in [3.8, 4) is 0 Å². The van der Waals surface area contributed by atoms with Gasteiger partial charge in [0.1, 0.15) is 5.82 Å². The van der Waals surface area contributed by atoms with Gasteiger partial charge in [0, 0.05) is 45.3 Å². The van der Waals surface area contributed by atoms with Crippen molar-refractivity contribution in [3.05, 3.63) is 24.0 Å².